The molecule has 0 aromatic rings. The van der Waals surface area contributed by atoms with Gasteiger partial charge in [-0.1, -0.05) is 0 Å². The maximum absolute atomic E-state index is 11.5. The minimum absolute atomic E-state index is 0.0130. The fraction of sp³-hybridized carbons (Fsp3) is 1.00. The van der Waals surface area contributed by atoms with Crippen LogP contribution in [-0.4, -0.2) is 173 Å². The third-order valence-corrected chi connectivity index (χ3v) is 6.15. The molecule has 0 aromatic carbocycles. The van der Waals surface area contributed by atoms with E-state index in [-0.39, 0.29) is 37.8 Å². The minimum Gasteiger partial charge on any atom is -0.737 e. The van der Waals surface area contributed by atoms with Crippen molar-refractivity contribution in [2.45, 2.75) is 25.0 Å². The van der Waals surface area contributed by atoms with E-state index in [0.717, 1.165) is 52.1 Å². The number of nitrogens with two attached hydrogens (primary N) is 5. The Morgan fingerprint density at radius 1 is 0.756 bits per heavy atom. The summed E-state index contributed by atoms with van der Waals surface area (Å²) in [6.45, 7) is 10.5. The summed E-state index contributed by atoms with van der Waals surface area (Å²) in [7, 11) is 0. The molecule has 0 rings (SSSR count). The van der Waals surface area contributed by atoms with Crippen LogP contribution in [0.25, 0.3) is 0 Å². The number of hydrazine groups is 1. The maximum Gasteiger partial charge on any atom is 0.0900 e. The second kappa shape index (κ2) is 28.6. The van der Waals surface area contributed by atoms with E-state index >= 15 is 0 Å². The number of ether oxygens (including phenoxy) is 2. The predicted octanol–water partition coefficient (Wildman–Crippen LogP) is -5.21. The summed E-state index contributed by atoms with van der Waals surface area (Å²) >= 11 is 0. The third-order valence-electron chi connectivity index (χ3n) is 6.15. The van der Waals surface area contributed by atoms with Gasteiger partial charge in [0.25, 0.3) is 0 Å². The number of nitrogens with zero attached hydrogens (tertiary/aromatic N) is 5. The topological polar surface area (TPSA) is 263 Å². The Hall–Kier alpha value is -1.48. The normalized spacial score (nSPS) is 13.8. The number of rotatable bonds is 31. The van der Waals surface area contributed by atoms with Crippen LogP contribution < -0.4 is 33.6 Å². The summed E-state index contributed by atoms with van der Waals surface area (Å²) in [4.78, 5) is 4.10. The van der Waals surface area contributed by atoms with E-state index in [2.05, 4.69) is 20.8 Å². The lowest BCUT2D eigenvalue weighted by molar-refractivity contribution is -0.690. The van der Waals surface area contributed by atoms with Crippen LogP contribution in [0.1, 0.15) is 12.8 Å². The summed E-state index contributed by atoms with van der Waals surface area (Å²) in [5.41, 5.74) is 22.2. The SMILES string of the molecule is NCCNCCN(CC[NH2+]CCN)CC(O)COCCCCOCC(O)CN(CCN)CCN(CCN)/[N+]([O-])=N/[O-]. The quantitative estimate of drug-likeness (QED) is 0.0161. The van der Waals surface area contributed by atoms with Crippen LogP contribution in [0.15, 0.2) is 5.28 Å². The predicted molar refractivity (Wildman–Crippen MR) is 158 cm³/mol. The van der Waals surface area contributed by atoms with E-state index in [4.69, 9.17) is 32.4 Å². The minimum atomic E-state index is -0.732. The number of hydrogen-bond acceptors (Lipinski definition) is 14. The molecule has 13 N–H and O–H groups in total. The largest absolute Gasteiger partial charge is 0.737 e. The number of unbranched alkanes of at least 4 members (excludes halogenated alkanes) is 1. The van der Waals surface area contributed by atoms with Crippen LogP contribution in [0, 0.1) is 10.4 Å². The highest BCUT2D eigenvalue weighted by Gasteiger charge is 2.16. The van der Waals surface area contributed by atoms with Gasteiger partial charge in [0.05, 0.1) is 51.6 Å². The van der Waals surface area contributed by atoms with Crippen molar-refractivity contribution in [3.8, 4) is 0 Å². The summed E-state index contributed by atoms with van der Waals surface area (Å²) in [6, 6.07) is 0. The van der Waals surface area contributed by atoms with E-state index in [1.54, 1.807) is 0 Å². The molecule has 0 aliphatic rings. The molecular weight excluding hydrogens is 538 g/mol. The first-order valence-electron chi connectivity index (χ1n) is 14.8. The fourth-order valence-corrected chi connectivity index (χ4v) is 4.06. The van der Waals surface area contributed by atoms with Crippen molar-refractivity contribution in [3.63, 3.8) is 0 Å². The first-order chi connectivity index (χ1) is 19.9. The number of aliphatic hydroxyl groups is 2. The molecule has 17 nitrogen and oxygen atoms in total. The second-order valence-electron chi connectivity index (χ2n) is 9.82. The van der Waals surface area contributed by atoms with Crippen molar-refractivity contribution >= 4 is 0 Å². The molecule has 0 bridgehead atoms. The second-order valence-corrected chi connectivity index (χ2v) is 9.82. The van der Waals surface area contributed by atoms with Crippen molar-refractivity contribution in [3.05, 3.63) is 10.4 Å². The molecule has 2 unspecified atom stereocenters. The molecule has 0 spiro atoms. The summed E-state index contributed by atoms with van der Waals surface area (Å²) < 4.78 is 11.3. The molecule has 0 heterocycles. The van der Waals surface area contributed by atoms with Gasteiger partial charge in [-0.3, -0.25) is 9.80 Å². The molecule has 246 valence electrons. The monoisotopic (exact) mass is 597 g/mol. The van der Waals surface area contributed by atoms with Gasteiger partial charge in [-0.05, 0) is 18.1 Å². The van der Waals surface area contributed by atoms with Gasteiger partial charge in [-0.15, -0.1) is 5.01 Å². The Balaban J connectivity index is 4.11. The van der Waals surface area contributed by atoms with E-state index < -0.39 is 12.2 Å². The van der Waals surface area contributed by atoms with Crippen molar-refractivity contribution in [2.24, 2.45) is 28.2 Å². The van der Waals surface area contributed by atoms with E-state index in [0.29, 0.717) is 59.0 Å². The van der Waals surface area contributed by atoms with Gasteiger partial charge in [0.15, 0.2) is 0 Å². The zero-order valence-corrected chi connectivity index (χ0v) is 24.9. The lowest BCUT2D eigenvalue weighted by Gasteiger charge is -2.27. The highest BCUT2D eigenvalue weighted by atomic mass is 16.6. The molecule has 0 amide bonds. The maximum atomic E-state index is 11.5. The zero-order valence-electron chi connectivity index (χ0n) is 24.9. The van der Waals surface area contributed by atoms with Crippen molar-refractivity contribution in [1.29, 1.82) is 0 Å². The average Bonchev–Trinajstić information content (AvgIpc) is 2.96. The average molecular weight is 598 g/mol. The zero-order chi connectivity index (χ0) is 30.6. The Morgan fingerprint density at radius 3 is 1.90 bits per heavy atom. The van der Waals surface area contributed by atoms with Crippen LogP contribution in [0.2, 0.25) is 0 Å². The Labute approximate surface area is 245 Å². The fourth-order valence-electron chi connectivity index (χ4n) is 4.06. The first-order valence-corrected chi connectivity index (χ1v) is 14.8. The van der Waals surface area contributed by atoms with Crippen molar-refractivity contribution < 1.29 is 30.0 Å². The van der Waals surface area contributed by atoms with Crippen LogP contribution in [-0.2, 0) is 9.47 Å². The van der Waals surface area contributed by atoms with Crippen LogP contribution in [0.3, 0.4) is 0 Å². The number of aliphatic hydroxyl groups excluding tert-OH is 2. The highest BCUT2D eigenvalue weighted by molar-refractivity contribution is 4.67. The van der Waals surface area contributed by atoms with Gasteiger partial charge in [0.2, 0.25) is 0 Å². The lowest BCUT2D eigenvalue weighted by atomic mass is 10.3. The smallest absolute Gasteiger partial charge is 0.0900 e. The number of hydrogen-bond donors (Lipinski definition) is 8. The summed E-state index contributed by atoms with van der Waals surface area (Å²) in [5, 5.41) is 51.8. The lowest BCUT2D eigenvalue weighted by Crippen LogP contribution is -2.87. The standard InChI is InChI=1S/C24H59N11O6/c25-3-7-29-9-13-33(14-10-30-8-4-26)20-24(37)22-41-18-2-1-17-40-21-23(36)19-32(11-5-27)15-16-34(12-6-28)35(39)31-38/h23-24,29-30,36-38H,1-22,25-28H2/b35-31-. The molecule has 0 fully saturated rings. The first kappa shape index (κ1) is 39.5. The summed E-state index contributed by atoms with van der Waals surface area (Å²) in [6.07, 6.45) is 0.230. The Bertz CT molecular complexity index is 588. The molecule has 0 aliphatic heterocycles. The molecule has 0 saturated carbocycles. The van der Waals surface area contributed by atoms with Gasteiger partial charge in [0.1, 0.15) is 0 Å². The van der Waals surface area contributed by atoms with E-state index in [1.807, 2.05) is 4.90 Å². The van der Waals surface area contributed by atoms with E-state index in [1.165, 1.54) is 5.01 Å². The number of nitrogens with one attached hydrogen (secondary N) is 1. The molecule has 0 aromatic heterocycles. The summed E-state index contributed by atoms with van der Waals surface area (Å²) in [5.74, 6) is 0. The molecule has 17 heteroatoms. The molecular formula is C24H59N11O6. The van der Waals surface area contributed by atoms with Gasteiger partial charge >= 0.3 is 0 Å². The molecule has 2 atom stereocenters. The van der Waals surface area contributed by atoms with Crippen LogP contribution in [0.4, 0.5) is 0 Å². The Morgan fingerprint density at radius 2 is 1.37 bits per heavy atom. The van der Waals surface area contributed by atoms with Crippen LogP contribution >= 0.6 is 0 Å². The third kappa shape index (κ3) is 23.7. The molecule has 0 aliphatic carbocycles. The molecule has 0 saturated heterocycles. The number of quaternary nitrogens is 1. The van der Waals surface area contributed by atoms with Crippen molar-refractivity contribution in [2.75, 3.05) is 131 Å². The van der Waals surface area contributed by atoms with Gasteiger partial charge in [-0.25, -0.2) is 0 Å². The van der Waals surface area contributed by atoms with E-state index in [9.17, 15) is 20.6 Å². The van der Waals surface area contributed by atoms with Crippen LogP contribution in [0.5, 0.6) is 0 Å². The van der Waals surface area contributed by atoms with Gasteiger partial charge in [-0.2, -0.15) is 0 Å². The van der Waals surface area contributed by atoms with Crippen molar-refractivity contribution in [1.82, 2.24) is 20.1 Å². The Kier molecular flexibility index (Phi) is 27.6. The van der Waals surface area contributed by atoms with Gasteiger partial charge < -0.3 is 63.7 Å². The molecule has 41 heavy (non-hydrogen) atoms. The molecule has 0 radical (unpaired) electrons. The highest BCUT2D eigenvalue weighted by Crippen LogP contribution is 2.00. The van der Waals surface area contributed by atoms with Gasteiger partial charge in [0, 0.05) is 96.7 Å².